The van der Waals surface area contributed by atoms with Gasteiger partial charge in [0.15, 0.2) is 0 Å². The topological polar surface area (TPSA) is 58.6 Å². The highest BCUT2D eigenvalue weighted by Gasteiger charge is 2.32. The second kappa shape index (κ2) is 12.6. The van der Waals surface area contributed by atoms with Crippen LogP contribution in [0.1, 0.15) is 42.4 Å². The highest BCUT2D eigenvalue weighted by molar-refractivity contribution is 6.30. The number of methoxy groups -OCH3 is 1. The molecule has 5 nitrogen and oxygen atoms in total. The number of carbonyl (C=O) groups excluding carboxylic acids is 2. The monoisotopic (exact) mass is 504 g/mol. The van der Waals surface area contributed by atoms with Gasteiger partial charge >= 0.3 is 0 Å². The molecular weight excluding hydrogens is 472 g/mol. The first-order valence-electron chi connectivity index (χ1n) is 12.5. The van der Waals surface area contributed by atoms with E-state index in [1.165, 1.54) is 0 Å². The zero-order valence-electron chi connectivity index (χ0n) is 20.7. The van der Waals surface area contributed by atoms with E-state index in [0.717, 1.165) is 48.1 Å². The number of ether oxygens (including phenoxy) is 1. The summed E-state index contributed by atoms with van der Waals surface area (Å²) in [4.78, 5) is 29.2. The van der Waals surface area contributed by atoms with Gasteiger partial charge in [-0.2, -0.15) is 0 Å². The summed E-state index contributed by atoms with van der Waals surface area (Å²) in [5.74, 6) is 0.526. The van der Waals surface area contributed by atoms with E-state index in [1.807, 2.05) is 78.9 Å². The molecule has 1 aliphatic carbocycles. The molecule has 0 heterocycles. The van der Waals surface area contributed by atoms with Crippen LogP contribution >= 0.6 is 11.6 Å². The second-order valence-electron chi connectivity index (χ2n) is 9.37. The number of rotatable bonds is 10. The molecule has 3 aromatic carbocycles. The molecule has 0 radical (unpaired) electrons. The first kappa shape index (κ1) is 25.8. The van der Waals surface area contributed by atoms with E-state index in [0.29, 0.717) is 18.0 Å². The zero-order valence-corrected chi connectivity index (χ0v) is 21.4. The van der Waals surface area contributed by atoms with Crippen LogP contribution in [0.4, 0.5) is 0 Å². The van der Waals surface area contributed by atoms with E-state index < -0.39 is 6.04 Å². The lowest BCUT2D eigenvalue weighted by molar-refractivity contribution is -0.141. The Morgan fingerprint density at radius 3 is 2.31 bits per heavy atom. The predicted octanol–water partition coefficient (Wildman–Crippen LogP) is 5.59. The van der Waals surface area contributed by atoms with Gasteiger partial charge in [0.25, 0.3) is 0 Å². The number of amides is 2. The Morgan fingerprint density at radius 2 is 1.64 bits per heavy atom. The third-order valence-electron chi connectivity index (χ3n) is 6.73. The van der Waals surface area contributed by atoms with Crippen molar-refractivity contribution in [1.82, 2.24) is 10.2 Å². The largest absolute Gasteiger partial charge is 0.497 e. The number of hydrogen-bond donors (Lipinski definition) is 1. The Balaban J connectivity index is 1.64. The van der Waals surface area contributed by atoms with Crippen LogP contribution in [0, 0.1) is 0 Å². The average Bonchev–Trinajstić information content (AvgIpc) is 3.40. The van der Waals surface area contributed by atoms with Crippen molar-refractivity contribution >= 4 is 23.4 Å². The molecule has 6 heteroatoms. The van der Waals surface area contributed by atoms with Crippen molar-refractivity contribution in [3.63, 3.8) is 0 Å². The van der Waals surface area contributed by atoms with Crippen molar-refractivity contribution in [2.45, 2.75) is 57.2 Å². The highest BCUT2D eigenvalue weighted by Crippen LogP contribution is 2.22. The molecule has 1 unspecified atom stereocenters. The fraction of sp³-hybridized carbons (Fsp3) is 0.333. The van der Waals surface area contributed by atoms with Gasteiger partial charge in [-0.05, 0) is 53.8 Å². The van der Waals surface area contributed by atoms with Gasteiger partial charge in [0, 0.05) is 24.0 Å². The summed E-state index contributed by atoms with van der Waals surface area (Å²) >= 11 is 6.26. The van der Waals surface area contributed by atoms with Gasteiger partial charge in [0.2, 0.25) is 11.8 Å². The molecule has 1 fully saturated rings. The molecular formula is C30H33ClN2O3. The molecule has 4 rings (SSSR count). The van der Waals surface area contributed by atoms with E-state index in [2.05, 4.69) is 5.32 Å². The number of benzene rings is 3. The number of carbonyl (C=O) groups is 2. The average molecular weight is 505 g/mol. The highest BCUT2D eigenvalue weighted by atomic mass is 35.5. The second-order valence-corrected chi connectivity index (χ2v) is 9.81. The lowest BCUT2D eigenvalue weighted by Crippen LogP contribution is -2.52. The first-order valence-corrected chi connectivity index (χ1v) is 12.9. The van der Waals surface area contributed by atoms with Crippen LogP contribution in [0.3, 0.4) is 0 Å². The fourth-order valence-electron chi connectivity index (χ4n) is 4.77. The normalized spacial score (nSPS) is 14.3. The molecule has 0 aromatic heterocycles. The lowest BCUT2D eigenvalue weighted by atomic mass is 10.0. The third-order valence-corrected chi connectivity index (χ3v) is 6.96. The van der Waals surface area contributed by atoms with Gasteiger partial charge in [-0.3, -0.25) is 9.59 Å². The summed E-state index contributed by atoms with van der Waals surface area (Å²) < 4.78 is 5.25. The van der Waals surface area contributed by atoms with Crippen molar-refractivity contribution in [3.8, 4) is 5.75 Å². The van der Waals surface area contributed by atoms with Gasteiger partial charge in [-0.25, -0.2) is 0 Å². The van der Waals surface area contributed by atoms with Crippen LogP contribution in [-0.2, 0) is 29.0 Å². The minimum Gasteiger partial charge on any atom is -0.497 e. The summed E-state index contributed by atoms with van der Waals surface area (Å²) in [7, 11) is 1.62. The smallest absolute Gasteiger partial charge is 0.243 e. The summed E-state index contributed by atoms with van der Waals surface area (Å²) in [6, 6.07) is 24.3. The van der Waals surface area contributed by atoms with Crippen molar-refractivity contribution < 1.29 is 14.3 Å². The molecule has 188 valence electrons. The van der Waals surface area contributed by atoms with Crippen LogP contribution in [0.5, 0.6) is 5.75 Å². The van der Waals surface area contributed by atoms with Gasteiger partial charge in [-0.1, -0.05) is 79.0 Å². The maximum absolute atomic E-state index is 13.8. The number of hydrogen-bond acceptors (Lipinski definition) is 3. The first-order chi connectivity index (χ1) is 17.5. The zero-order chi connectivity index (χ0) is 25.3. The Labute approximate surface area is 218 Å². The Kier molecular flexibility index (Phi) is 9.01. The summed E-state index contributed by atoms with van der Waals surface area (Å²) in [5.41, 5.74) is 2.77. The quantitative estimate of drug-likeness (QED) is 0.391. The number of halogens is 1. The van der Waals surface area contributed by atoms with E-state index in [-0.39, 0.29) is 24.3 Å². The molecule has 1 atom stereocenters. The molecule has 0 spiro atoms. The summed E-state index contributed by atoms with van der Waals surface area (Å²) in [5, 5.41) is 3.84. The standard InChI is InChI=1S/C30H33ClN2O3/c1-36-27-16-14-23(15-17-27)20-29(34)33(21-24-10-7-11-25(31)18-24)28(19-22-8-3-2-4-9-22)30(35)32-26-12-5-6-13-26/h2-4,7-11,14-18,26,28H,5-6,12-13,19-21H2,1H3,(H,32,35). The van der Waals surface area contributed by atoms with Crippen LogP contribution < -0.4 is 10.1 Å². The molecule has 36 heavy (non-hydrogen) atoms. The fourth-order valence-corrected chi connectivity index (χ4v) is 4.99. The van der Waals surface area contributed by atoms with Crippen molar-refractivity contribution in [3.05, 3.63) is 101 Å². The number of nitrogens with zero attached hydrogens (tertiary/aromatic N) is 1. The lowest BCUT2D eigenvalue weighted by Gasteiger charge is -2.32. The molecule has 0 aliphatic heterocycles. The molecule has 1 aliphatic rings. The third kappa shape index (κ3) is 7.11. The molecule has 2 amide bonds. The van der Waals surface area contributed by atoms with Gasteiger partial charge in [-0.15, -0.1) is 0 Å². The maximum Gasteiger partial charge on any atom is 0.243 e. The van der Waals surface area contributed by atoms with Crippen molar-refractivity contribution in [2.24, 2.45) is 0 Å². The van der Waals surface area contributed by atoms with Crippen LogP contribution in [-0.4, -0.2) is 35.9 Å². The Bertz CT molecular complexity index is 1140. The van der Waals surface area contributed by atoms with E-state index in [1.54, 1.807) is 12.0 Å². The molecule has 0 bridgehead atoms. The molecule has 3 aromatic rings. The minimum atomic E-state index is -0.641. The van der Waals surface area contributed by atoms with E-state index >= 15 is 0 Å². The van der Waals surface area contributed by atoms with Crippen molar-refractivity contribution in [2.75, 3.05) is 7.11 Å². The summed E-state index contributed by atoms with van der Waals surface area (Å²) in [6.07, 6.45) is 4.84. The minimum absolute atomic E-state index is 0.101. The van der Waals surface area contributed by atoms with E-state index in [9.17, 15) is 9.59 Å². The van der Waals surface area contributed by atoms with Gasteiger partial charge in [0.05, 0.1) is 13.5 Å². The summed E-state index contributed by atoms with van der Waals surface area (Å²) in [6.45, 7) is 0.297. The van der Waals surface area contributed by atoms with E-state index in [4.69, 9.17) is 16.3 Å². The van der Waals surface area contributed by atoms with Gasteiger partial charge < -0.3 is 15.0 Å². The molecule has 1 N–H and O–H groups in total. The van der Waals surface area contributed by atoms with Crippen molar-refractivity contribution in [1.29, 1.82) is 0 Å². The Hall–Kier alpha value is -3.31. The van der Waals surface area contributed by atoms with Gasteiger partial charge in [0.1, 0.15) is 11.8 Å². The number of nitrogens with one attached hydrogen (secondary N) is 1. The van der Waals surface area contributed by atoms with Crippen LogP contribution in [0.15, 0.2) is 78.9 Å². The Morgan fingerprint density at radius 1 is 0.944 bits per heavy atom. The SMILES string of the molecule is COc1ccc(CC(=O)N(Cc2cccc(Cl)c2)C(Cc2ccccc2)C(=O)NC2CCCC2)cc1. The van der Waals surface area contributed by atoms with Crippen LogP contribution in [0.25, 0.3) is 0 Å². The molecule has 0 saturated heterocycles. The molecule has 1 saturated carbocycles. The van der Waals surface area contributed by atoms with Crippen LogP contribution in [0.2, 0.25) is 5.02 Å². The maximum atomic E-state index is 13.8. The predicted molar refractivity (Wildman–Crippen MR) is 143 cm³/mol.